The molecule has 1 N–H and O–H groups in total. The fourth-order valence-electron chi connectivity index (χ4n) is 0. The first kappa shape index (κ1) is 8.84. The van der Waals surface area contributed by atoms with Gasteiger partial charge in [-0.25, -0.2) is 0 Å². The summed E-state index contributed by atoms with van der Waals surface area (Å²) in [7, 11) is 0. The molecule has 0 aliphatic heterocycles. The predicted molar refractivity (Wildman–Crippen MR) is 2.91 cm³/mol. The third-order valence-corrected chi connectivity index (χ3v) is 0. The van der Waals surface area contributed by atoms with Crippen LogP contribution in [0.1, 0.15) is 0 Å². The SMILES string of the molecule is [Mn].[O]=[Co][OH]. The first-order valence-electron chi connectivity index (χ1n) is 0.285. The molecule has 0 aromatic rings. The molecule has 0 spiro atoms. The number of rotatable bonds is 0. The summed E-state index contributed by atoms with van der Waals surface area (Å²) in [5, 5.41) is 0. The summed E-state index contributed by atoms with van der Waals surface area (Å²) in [6.45, 7) is 0. The zero-order chi connectivity index (χ0) is 2.71. The average molecular weight is 147 g/mol. The Morgan fingerprint density at radius 3 is 1.75 bits per heavy atom. The second kappa shape index (κ2) is 9.21. The Balaban J connectivity index is 0. The van der Waals surface area contributed by atoms with Gasteiger partial charge in [0, 0.05) is 17.1 Å². The van der Waals surface area contributed by atoms with Gasteiger partial charge in [-0.05, 0) is 0 Å². The van der Waals surface area contributed by atoms with Crippen LogP contribution in [0.5, 0.6) is 0 Å². The van der Waals surface area contributed by atoms with E-state index in [2.05, 4.69) is 0 Å². The van der Waals surface area contributed by atoms with E-state index < -0.39 is 15.0 Å². The molecule has 0 bridgehead atoms. The molecule has 0 aliphatic carbocycles. The van der Waals surface area contributed by atoms with E-state index in [0.717, 1.165) is 0 Å². The first-order chi connectivity index (χ1) is 1.41. The van der Waals surface area contributed by atoms with Crippen LogP contribution >= 0.6 is 0 Å². The van der Waals surface area contributed by atoms with Crippen molar-refractivity contribution in [1.29, 1.82) is 0 Å². The quantitative estimate of drug-likeness (QED) is 0.460. The minimum absolute atomic E-state index is 0. The molecule has 4 heteroatoms. The summed E-state index contributed by atoms with van der Waals surface area (Å²) < 4.78 is 15.4. The van der Waals surface area contributed by atoms with Crippen LogP contribution in [0.3, 0.4) is 0 Å². The van der Waals surface area contributed by atoms with Gasteiger partial charge >= 0.3 is 23.0 Å². The predicted octanol–water partition coefficient (Wildman–Crippen LogP) is -0.681. The number of hydrogen-bond acceptors (Lipinski definition) is 1. The molecule has 0 aromatic heterocycles. The van der Waals surface area contributed by atoms with E-state index in [1.165, 1.54) is 0 Å². The normalized spacial score (nSPS) is 5.25. The fourth-order valence-corrected chi connectivity index (χ4v) is 0. The molecule has 0 aliphatic rings. The van der Waals surface area contributed by atoms with E-state index in [0.29, 0.717) is 0 Å². The van der Waals surface area contributed by atoms with Crippen molar-refractivity contribution in [1.82, 2.24) is 0 Å². The molecule has 4 heavy (non-hydrogen) atoms. The molecule has 0 aromatic carbocycles. The van der Waals surface area contributed by atoms with E-state index in [1.807, 2.05) is 0 Å². The molecule has 1 radical (unpaired) electrons. The molecule has 2 nitrogen and oxygen atoms in total. The molecular weight excluding hydrogens is 146 g/mol. The van der Waals surface area contributed by atoms with Crippen molar-refractivity contribution in [2.24, 2.45) is 0 Å². The van der Waals surface area contributed by atoms with Crippen molar-refractivity contribution in [3.8, 4) is 0 Å². The zero-order valence-corrected chi connectivity index (χ0v) is 3.79. The minimum atomic E-state index is -0.812. The molecule has 0 fully saturated rings. The topological polar surface area (TPSA) is 37.3 Å². The summed E-state index contributed by atoms with van der Waals surface area (Å²) >= 11 is -0.812. The van der Waals surface area contributed by atoms with Gasteiger partial charge in [0.05, 0.1) is 0 Å². The van der Waals surface area contributed by atoms with Crippen molar-refractivity contribution in [3.63, 3.8) is 0 Å². The Morgan fingerprint density at radius 2 is 1.75 bits per heavy atom. The van der Waals surface area contributed by atoms with Gasteiger partial charge in [0.25, 0.3) is 0 Å². The molecular formula is HCoMnO2. The van der Waals surface area contributed by atoms with Crippen LogP contribution in [0.15, 0.2) is 0 Å². The Kier molecular flexibility index (Phi) is 20.4. The molecule has 0 atom stereocenters. The van der Waals surface area contributed by atoms with Crippen LogP contribution in [0.4, 0.5) is 0 Å². The summed E-state index contributed by atoms with van der Waals surface area (Å²) in [4.78, 5) is 0. The molecule has 0 saturated carbocycles. The van der Waals surface area contributed by atoms with Crippen molar-refractivity contribution in [2.75, 3.05) is 0 Å². The summed E-state index contributed by atoms with van der Waals surface area (Å²) in [6, 6.07) is 0. The molecule has 0 amide bonds. The first-order valence-corrected chi connectivity index (χ1v) is 1.18. The Bertz CT molecular complexity index is 13.5. The van der Waals surface area contributed by atoms with E-state index in [9.17, 15) is 0 Å². The van der Waals surface area contributed by atoms with Gasteiger partial charge in [0.2, 0.25) is 0 Å². The van der Waals surface area contributed by atoms with Gasteiger partial charge in [-0.1, -0.05) is 0 Å². The summed E-state index contributed by atoms with van der Waals surface area (Å²) in [6.07, 6.45) is 0. The third-order valence-electron chi connectivity index (χ3n) is 0. The third kappa shape index (κ3) is 14.4. The molecule has 0 heterocycles. The van der Waals surface area contributed by atoms with Gasteiger partial charge in [-0.3, -0.25) is 0 Å². The van der Waals surface area contributed by atoms with Crippen LogP contribution in [-0.4, -0.2) is 4.22 Å². The Morgan fingerprint density at radius 1 is 1.75 bits per heavy atom. The van der Waals surface area contributed by atoms with Crippen LogP contribution in [0.2, 0.25) is 0 Å². The van der Waals surface area contributed by atoms with Gasteiger partial charge < -0.3 is 0 Å². The second-order valence-electron chi connectivity index (χ2n) is 0.0609. The maximum atomic E-state index is 8.45. The van der Waals surface area contributed by atoms with E-state index in [-0.39, 0.29) is 17.1 Å². The van der Waals surface area contributed by atoms with Crippen molar-refractivity contribution in [2.45, 2.75) is 0 Å². The van der Waals surface area contributed by atoms with Crippen LogP contribution in [0.25, 0.3) is 0 Å². The van der Waals surface area contributed by atoms with Gasteiger partial charge in [-0.15, -0.1) is 0 Å². The summed E-state index contributed by atoms with van der Waals surface area (Å²) in [5.74, 6) is 0. The van der Waals surface area contributed by atoms with Crippen molar-refractivity contribution in [3.05, 3.63) is 0 Å². The molecule has 29 valence electrons. The van der Waals surface area contributed by atoms with Crippen LogP contribution < -0.4 is 0 Å². The monoisotopic (exact) mass is 147 g/mol. The van der Waals surface area contributed by atoms with Crippen molar-refractivity contribution >= 4 is 0 Å². The standard InChI is InChI=1S/Co.Mn.H2O.O/h;;1H2;/q+1;;;/p-1. The number of hydrogen-bond donors (Lipinski definition) is 1. The Hall–Kier alpha value is 0.786. The van der Waals surface area contributed by atoms with Crippen molar-refractivity contribution < 1.29 is 40.1 Å². The maximum absolute atomic E-state index is 8.45. The van der Waals surface area contributed by atoms with Crippen LogP contribution in [-0.2, 0) is 35.9 Å². The van der Waals surface area contributed by atoms with Gasteiger partial charge in [0.1, 0.15) is 0 Å². The van der Waals surface area contributed by atoms with E-state index in [1.54, 1.807) is 0 Å². The van der Waals surface area contributed by atoms with Gasteiger partial charge in [-0.2, -0.15) is 0 Å². The summed E-state index contributed by atoms with van der Waals surface area (Å²) in [5.41, 5.74) is 0. The van der Waals surface area contributed by atoms with Gasteiger partial charge in [0.15, 0.2) is 0 Å². The Labute approximate surface area is 40.6 Å². The molecule has 0 rings (SSSR count). The fraction of sp³-hybridized carbons (Fsp3) is 0. The molecule has 0 unspecified atom stereocenters. The van der Waals surface area contributed by atoms with E-state index in [4.69, 9.17) is 8.08 Å². The average Bonchev–Trinajstić information content (AvgIpc) is 0.918. The van der Waals surface area contributed by atoms with E-state index >= 15 is 0 Å². The zero-order valence-electron chi connectivity index (χ0n) is 1.57. The van der Waals surface area contributed by atoms with Crippen LogP contribution in [0, 0.1) is 0 Å². The second-order valence-corrected chi connectivity index (χ2v) is 0.251. The molecule has 0 saturated heterocycles.